The molecular formula is C15H19N3O3. The number of aryl methyl sites for hydroxylation is 1. The number of rotatable bonds is 2. The van der Waals surface area contributed by atoms with E-state index in [2.05, 4.69) is 15.6 Å². The maximum absolute atomic E-state index is 12.2. The highest BCUT2D eigenvalue weighted by atomic mass is 16.6. The molecular weight excluding hydrogens is 270 g/mol. The molecule has 1 saturated heterocycles. The molecule has 2 fully saturated rings. The van der Waals surface area contributed by atoms with Crippen molar-refractivity contribution in [2.45, 2.75) is 44.2 Å². The smallest absolute Gasteiger partial charge is 0.407 e. The molecule has 1 aliphatic heterocycles. The maximum Gasteiger partial charge on any atom is 0.407 e. The van der Waals surface area contributed by atoms with Crippen LogP contribution in [0.1, 0.15) is 41.9 Å². The van der Waals surface area contributed by atoms with Gasteiger partial charge >= 0.3 is 6.09 Å². The van der Waals surface area contributed by atoms with Crippen molar-refractivity contribution in [1.29, 1.82) is 0 Å². The van der Waals surface area contributed by atoms with Gasteiger partial charge in [-0.1, -0.05) is 6.07 Å². The van der Waals surface area contributed by atoms with Gasteiger partial charge in [0.2, 0.25) is 0 Å². The molecule has 2 atom stereocenters. The van der Waals surface area contributed by atoms with Crippen LogP contribution in [-0.4, -0.2) is 35.2 Å². The Bertz CT molecular complexity index is 575. The third-order valence-electron chi connectivity index (χ3n) is 4.12. The monoisotopic (exact) mass is 289 g/mol. The molecule has 1 aromatic heterocycles. The second kappa shape index (κ2) is 5.35. The highest BCUT2D eigenvalue weighted by Crippen LogP contribution is 2.34. The number of alkyl carbamates (subject to hydrolysis) is 1. The van der Waals surface area contributed by atoms with Gasteiger partial charge in [-0.05, 0) is 38.3 Å². The minimum Gasteiger partial charge on any atom is -0.441 e. The van der Waals surface area contributed by atoms with Gasteiger partial charge in [-0.25, -0.2) is 9.78 Å². The van der Waals surface area contributed by atoms with Crippen molar-refractivity contribution in [3.8, 4) is 0 Å². The van der Waals surface area contributed by atoms with E-state index in [0.717, 1.165) is 25.0 Å². The molecule has 6 nitrogen and oxygen atoms in total. The van der Waals surface area contributed by atoms with Crippen molar-refractivity contribution >= 4 is 12.0 Å². The van der Waals surface area contributed by atoms with E-state index in [-0.39, 0.29) is 18.0 Å². The van der Waals surface area contributed by atoms with Crippen LogP contribution in [0.4, 0.5) is 4.79 Å². The van der Waals surface area contributed by atoms with Crippen LogP contribution in [0.2, 0.25) is 0 Å². The van der Waals surface area contributed by atoms with Crippen LogP contribution < -0.4 is 10.6 Å². The molecule has 1 aromatic rings. The second-order valence-electron chi connectivity index (χ2n) is 5.86. The van der Waals surface area contributed by atoms with Gasteiger partial charge in [0.1, 0.15) is 11.3 Å². The van der Waals surface area contributed by atoms with Crippen molar-refractivity contribution in [3.63, 3.8) is 0 Å². The fraction of sp³-hybridized carbons (Fsp3) is 0.533. The van der Waals surface area contributed by atoms with Crippen molar-refractivity contribution in [3.05, 3.63) is 29.6 Å². The Hall–Kier alpha value is -2.11. The number of nitrogens with one attached hydrogen (secondary N) is 2. The highest BCUT2D eigenvalue weighted by molar-refractivity contribution is 5.92. The van der Waals surface area contributed by atoms with E-state index >= 15 is 0 Å². The average molecular weight is 289 g/mol. The van der Waals surface area contributed by atoms with Gasteiger partial charge in [0.25, 0.3) is 5.91 Å². The molecule has 2 heterocycles. The molecule has 2 amide bonds. The Morgan fingerprint density at radius 3 is 3.10 bits per heavy atom. The summed E-state index contributed by atoms with van der Waals surface area (Å²) >= 11 is 0. The number of pyridine rings is 1. The van der Waals surface area contributed by atoms with E-state index in [9.17, 15) is 9.59 Å². The fourth-order valence-electron chi connectivity index (χ4n) is 3.13. The summed E-state index contributed by atoms with van der Waals surface area (Å²) in [6.45, 7) is 2.39. The van der Waals surface area contributed by atoms with Crippen LogP contribution in [0.25, 0.3) is 0 Å². The molecule has 2 unspecified atom stereocenters. The summed E-state index contributed by atoms with van der Waals surface area (Å²) in [7, 11) is 0. The Balaban J connectivity index is 1.65. The molecule has 112 valence electrons. The van der Waals surface area contributed by atoms with Crippen LogP contribution in [0, 0.1) is 6.92 Å². The first-order valence-corrected chi connectivity index (χ1v) is 7.28. The van der Waals surface area contributed by atoms with Gasteiger partial charge in [-0.3, -0.25) is 4.79 Å². The lowest BCUT2D eigenvalue weighted by Crippen LogP contribution is -2.47. The van der Waals surface area contributed by atoms with E-state index < -0.39 is 5.60 Å². The van der Waals surface area contributed by atoms with E-state index in [1.807, 2.05) is 19.1 Å². The predicted octanol–water partition coefficient (Wildman–Crippen LogP) is 1.54. The molecule has 1 saturated carbocycles. The molecule has 0 radical (unpaired) electrons. The SMILES string of the molecule is Cc1cccc(C(=O)NC2CCCC3(CNC(=O)O3)C2)n1. The molecule has 2 N–H and O–H groups in total. The Labute approximate surface area is 123 Å². The summed E-state index contributed by atoms with van der Waals surface area (Å²) in [4.78, 5) is 27.7. The number of nitrogens with zero attached hydrogens (tertiary/aromatic N) is 1. The number of carbonyl (C=O) groups is 2. The van der Waals surface area contributed by atoms with E-state index in [0.29, 0.717) is 18.7 Å². The van der Waals surface area contributed by atoms with Gasteiger partial charge in [-0.15, -0.1) is 0 Å². The number of ether oxygens (including phenoxy) is 1. The molecule has 2 aliphatic rings. The third-order valence-corrected chi connectivity index (χ3v) is 4.12. The van der Waals surface area contributed by atoms with Crippen molar-refractivity contribution in [1.82, 2.24) is 15.6 Å². The topological polar surface area (TPSA) is 80.3 Å². The summed E-state index contributed by atoms with van der Waals surface area (Å²) in [5.41, 5.74) is 0.792. The Kier molecular flexibility index (Phi) is 3.53. The van der Waals surface area contributed by atoms with Crippen molar-refractivity contribution < 1.29 is 14.3 Å². The summed E-state index contributed by atoms with van der Waals surface area (Å²) in [5.74, 6) is -0.168. The number of carbonyl (C=O) groups excluding carboxylic acids is 2. The normalized spacial score (nSPS) is 28.0. The van der Waals surface area contributed by atoms with Crippen molar-refractivity contribution in [2.24, 2.45) is 0 Å². The van der Waals surface area contributed by atoms with Crippen LogP contribution in [0.15, 0.2) is 18.2 Å². The first kappa shape index (κ1) is 13.9. The second-order valence-corrected chi connectivity index (χ2v) is 5.86. The van der Waals surface area contributed by atoms with Gasteiger partial charge in [0.15, 0.2) is 0 Å². The molecule has 1 aliphatic carbocycles. The first-order valence-electron chi connectivity index (χ1n) is 7.28. The quantitative estimate of drug-likeness (QED) is 0.865. The number of amides is 2. The molecule has 6 heteroatoms. The average Bonchev–Trinajstić information content (AvgIpc) is 2.79. The molecule has 3 rings (SSSR count). The van der Waals surface area contributed by atoms with Gasteiger partial charge in [0.05, 0.1) is 6.54 Å². The van der Waals surface area contributed by atoms with Gasteiger partial charge < -0.3 is 15.4 Å². The Morgan fingerprint density at radius 1 is 1.52 bits per heavy atom. The van der Waals surface area contributed by atoms with Crippen molar-refractivity contribution in [2.75, 3.05) is 6.54 Å². The largest absolute Gasteiger partial charge is 0.441 e. The zero-order chi connectivity index (χ0) is 14.9. The summed E-state index contributed by atoms with van der Waals surface area (Å²) in [5, 5.41) is 5.71. The molecule has 0 bridgehead atoms. The van der Waals surface area contributed by atoms with Crippen LogP contribution in [0.5, 0.6) is 0 Å². The minimum absolute atomic E-state index is 0.0151. The first-order chi connectivity index (χ1) is 10.1. The van der Waals surface area contributed by atoms with E-state index in [1.54, 1.807) is 6.07 Å². The third kappa shape index (κ3) is 2.99. The van der Waals surface area contributed by atoms with E-state index in [4.69, 9.17) is 4.74 Å². The zero-order valence-electron chi connectivity index (χ0n) is 12.0. The highest BCUT2D eigenvalue weighted by Gasteiger charge is 2.44. The minimum atomic E-state index is -0.451. The number of hydrogen-bond donors (Lipinski definition) is 2. The van der Waals surface area contributed by atoms with Gasteiger partial charge in [0, 0.05) is 18.2 Å². The summed E-state index contributed by atoms with van der Waals surface area (Å²) < 4.78 is 5.41. The summed E-state index contributed by atoms with van der Waals surface area (Å²) in [6, 6.07) is 5.40. The molecule has 1 spiro atoms. The lowest BCUT2D eigenvalue weighted by molar-refractivity contribution is 0.0154. The zero-order valence-corrected chi connectivity index (χ0v) is 12.0. The van der Waals surface area contributed by atoms with Gasteiger partial charge in [-0.2, -0.15) is 0 Å². The van der Waals surface area contributed by atoms with Crippen LogP contribution >= 0.6 is 0 Å². The molecule has 0 aromatic carbocycles. The standard InChI is InChI=1S/C15H19N3O3/c1-10-4-2-6-12(17-10)13(19)18-11-5-3-7-15(8-11)9-16-14(20)21-15/h2,4,6,11H,3,5,7-9H2,1H3,(H,16,20)(H,18,19). The summed E-state index contributed by atoms with van der Waals surface area (Å²) in [6.07, 6.45) is 2.98. The fourth-order valence-corrected chi connectivity index (χ4v) is 3.13. The molecule has 21 heavy (non-hydrogen) atoms. The predicted molar refractivity (Wildman–Crippen MR) is 75.9 cm³/mol. The Morgan fingerprint density at radius 2 is 2.38 bits per heavy atom. The van der Waals surface area contributed by atoms with Crippen LogP contribution in [-0.2, 0) is 4.74 Å². The van der Waals surface area contributed by atoms with Crippen LogP contribution in [0.3, 0.4) is 0 Å². The van der Waals surface area contributed by atoms with E-state index in [1.165, 1.54) is 0 Å². The lowest BCUT2D eigenvalue weighted by Gasteiger charge is -2.35. The maximum atomic E-state index is 12.2. The number of hydrogen-bond acceptors (Lipinski definition) is 4. The number of aromatic nitrogens is 1. The lowest BCUT2D eigenvalue weighted by atomic mass is 9.82.